The van der Waals surface area contributed by atoms with E-state index in [1.807, 2.05) is 0 Å². The highest BCUT2D eigenvalue weighted by Crippen LogP contribution is 2.33. The topological polar surface area (TPSA) is 145 Å². The van der Waals surface area contributed by atoms with Crippen LogP contribution in [0.4, 0.5) is 17.5 Å². The molecule has 2 aliphatic rings. The summed E-state index contributed by atoms with van der Waals surface area (Å²) in [5, 5.41) is 16.9. The number of anilines is 3. The summed E-state index contributed by atoms with van der Waals surface area (Å²) >= 11 is 0. The highest BCUT2D eigenvalue weighted by molar-refractivity contribution is 7.89. The van der Waals surface area contributed by atoms with Crippen LogP contribution in [0, 0.1) is 11.3 Å². The van der Waals surface area contributed by atoms with Crippen LogP contribution >= 0.6 is 0 Å². The molecule has 190 valence electrons. The third kappa shape index (κ3) is 4.82. The van der Waals surface area contributed by atoms with Crippen molar-refractivity contribution in [2.45, 2.75) is 43.0 Å². The van der Waals surface area contributed by atoms with Crippen LogP contribution in [0.5, 0.6) is 5.75 Å². The van der Waals surface area contributed by atoms with E-state index in [0.717, 1.165) is 25.7 Å². The minimum Gasteiger partial charge on any atom is -0.495 e. The van der Waals surface area contributed by atoms with Gasteiger partial charge in [-0.25, -0.2) is 8.42 Å². The van der Waals surface area contributed by atoms with Crippen molar-refractivity contribution in [2.24, 2.45) is 0 Å². The number of rotatable bonds is 7. The number of sulfonamides is 1. The number of benzene rings is 1. The SMILES string of the molecule is COc1cc(S(=O)(=O)N2CCOCC2)ccc1Nc1nc(NC2CCCCC2)c2c(C#N)c[nH]c2n1. The van der Waals surface area contributed by atoms with Crippen LogP contribution in [-0.2, 0) is 14.8 Å². The van der Waals surface area contributed by atoms with E-state index in [0.29, 0.717) is 66.1 Å². The monoisotopic (exact) mass is 511 g/mol. The van der Waals surface area contributed by atoms with Gasteiger partial charge in [-0.05, 0) is 25.0 Å². The number of methoxy groups -OCH3 is 1. The first-order valence-electron chi connectivity index (χ1n) is 12.1. The molecule has 1 aliphatic heterocycles. The fourth-order valence-corrected chi connectivity index (χ4v) is 6.14. The first-order valence-corrected chi connectivity index (χ1v) is 13.5. The average molecular weight is 512 g/mol. The van der Waals surface area contributed by atoms with Gasteiger partial charge in [0.15, 0.2) is 0 Å². The van der Waals surface area contributed by atoms with Crippen LogP contribution in [0.1, 0.15) is 37.7 Å². The summed E-state index contributed by atoms with van der Waals surface area (Å²) in [6.07, 6.45) is 7.27. The van der Waals surface area contributed by atoms with Gasteiger partial charge in [0.25, 0.3) is 0 Å². The van der Waals surface area contributed by atoms with Crippen molar-refractivity contribution in [3.8, 4) is 11.8 Å². The zero-order chi connectivity index (χ0) is 25.1. The Labute approximate surface area is 209 Å². The molecule has 3 aromatic rings. The molecule has 36 heavy (non-hydrogen) atoms. The number of nitriles is 1. The number of aromatic nitrogens is 3. The highest BCUT2D eigenvalue weighted by atomic mass is 32.2. The molecular weight excluding hydrogens is 482 g/mol. The number of aromatic amines is 1. The molecule has 1 saturated carbocycles. The molecule has 0 amide bonds. The Balaban J connectivity index is 1.46. The first kappa shape index (κ1) is 24.3. The molecular formula is C24H29N7O4S. The van der Waals surface area contributed by atoms with Crippen molar-refractivity contribution in [3.63, 3.8) is 0 Å². The van der Waals surface area contributed by atoms with E-state index in [2.05, 4.69) is 26.7 Å². The van der Waals surface area contributed by atoms with Crippen LogP contribution in [0.2, 0.25) is 0 Å². The van der Waals surface area contributed by atoms with E-state index < -0.39 is 10.0 Å². The van der Waals surface area contributed by atoms with Gasteiger partial charge < -0.3 is 25.1 Å². The first-order chi connectivity index (χ1) is 17.5. The van der Waals surface area contributed by atoms with Crippen molar-refractivity contribution in [3.05, 3.63) is 30.0 Å². The average Bonchev–Trinajstić information content (AvgIpc) is 3.33. The summed E-state index contributed by atoms with van der Waals surface area (Å²) in [5.74, 6) is 1.24. The maximum Gasteiger partial charge on any atom is 0.243 e. The minimum atomic E-state index is -3.67. The third-order valence-corrected chi connectivity index (χ3v) is 8.52. The molecule has 0 unspecified atom stereocenters. The molecule has 0 atom stereocenters. The van der Waals surface area contributed by atoms with Crippen LogP contribution in [0.25, 0.3) is 11.0 Å². The fourth-order valence-electron chi connectivity index (χ4n) is 4.71. The molecule has 3 heterocycles. The van der Waals surface area contributed by atoms with Gasteiger partial charge in [0.05, 0.1) is 41.9 Å². The van der Waals surface area contributed by atoms with Gasteiger partial charge in [-0.1, -0.05) is 19.3 Å². The van der Waals surface area contributed by atoms with Gasteiger partial charge in [-0.3, -0.25) is 0 Å². The number of hydrogen-bond donors (Lipinski definition) is 3. The second kappa shape index (κ2) is 10.3. The molecule has 2 aromatic heterocycles. The summed E-state index contributed by atoms with van der Waals surface area (Å²) < 4.78 is 38.3. The Morgan fingerprint density at radius 2 is 1.97 bits per heavy atom. The molecule has 2 fully saturated rings. The van der Waals surface area contributed by atoms with Gasteiger partial charge in [-0.2, -0.15) is 19.5 Å². The molecule has 1 saturated heterocycles. The van der Waals surface area contributed by atoms with E-state index in [1.165, 1.54) is 30.0 Å². The second-order valence-corrected chi connectivity index (χ2v) is 10.9. The zero-order valence-corrected chi connectivity index (χ0v) is 20.9. The lowest BCUT2D eigenvalue weighted by atomic mass is 9.95. The van der Waals surface area contributed by atoms with E-state index in [4.69, 9.17) is 14.5 Å². The van der Waals surface area contributed by atoms with Gasteiger partial charge in [0.1, 0.15) is 23.3 Å². The Hall–Kier alpha value is -3.40. The lowest BCUT2D eigenvalue weighted by molar-refractivity contribution is 0.0730. The molecule has 11 nitrogen and oxygen atoms in total. The Kier molecular flexibility index (Phi) is 6.95. The standard InChI is InChI=1S/C24H29N7O4S/c1-34-20-13-18(36(32,33)31-9-11-35-12-10-31)7-8-19(20)28-24-29-22-21(16(14-25)15-26-22)23(30-24)27-17-5-3-2-4-6-17/h7-8,13,15,17H,2-6,9-12H2,1H3,(H3,26,27,28,29,30). The number of ether oxygens (including phenoxy) is 2. The van der Waals surface area contributed by atoms with Crippen LogP contribution in [0.15, 0.2) is 29.3 Å². The van der Waals surface area contributed by atoms with Crippen molar-refractivity contribution in [2.75, 3.05) is 44.0 Å². The lowest BCUT2D eigenvalue weighted by Gasteiger charge is -2.26. The zero-order valence-electron chi connectivity index (χ0n) is 20.1. The number of nitrogens with one attached hydrogen (secondary N) is 3. The second-order valence-electron chi connectivity index (χ2n) is 8.92. The van der Waals surface area contributed by atoms with Crippen LogP contribution in [0.3, 0.4) is 0 Å². The fraction of sp³-hybridized carbons (Fsp3) is 0.458. The molecule has 0 radical (unpaired) electrons. The maximum absolute atomic E-state index is 13.1. The van der Waals surface area contributed by atoms with Crippen molar-refractivity contribution in [1.82, 2.24) is 19.3 Å². The molecule has 1 aromatic carbocycles. The van der Waals surface area contributed by atoms with Crippen LogP contribution < -0.4 is 15.4 Å². The third-order valence-electron chi connectivity index (χ3n) is 6.63. The van der Waals surface area contributed by atoms with E-state index in [-0.39, 0.29) is 10.9 Å². The number of H-pyrrole nitrogens is 1. The summed E-state index contributed by atoms with van der Waals surface area (Å²) in [7, 11) is -2.19. The van der Waals surface area contributed by atoms with Gasteiger partial charge in [0.2, 0.25) is 16.0 Å². The predicted molar refractivity (Wildman–Crippen MR) is 135 cm³/mol. The summed E-state index contributed by atoms with van der Waals surface area (Å²) in [4.78, 5) is 12.4. The van der Waals surface area contributed by atoms with Gasteiger partial charge in [0, 0.05) is 31.4 Å². The van der Waals surface area contributed by atoms with Crippen molar-refractivity contribution < 1.29 is 17.9 Å². The Bertz CT molecular complexity index is 1390. The van der Waals surface area contributed by atoms with Crippen molar-refractivity contribution in [1.29, 1.82) is 5.26 Å². The Morgan fingerprint density at radius 1 is 1.19 bits per heavy atom. The van der Waals surface area contributed by atoms with E-state index in [1.54, 1.807) is 12.3 Å². The smallest absolute Gasteiger partial charge is 0.243 e. The largest absolute Gasteiger partial charge is 0.495 e. The Morgan fingerprint density at radius 3 is 2.69 bits per heavy atom. The summed E-state index contributed by atoms with van der Waals surface area (Å²) in [5.41, 5.74) is 1.53. The van der Waals surface area contributed by atoms with Crippen molar-refractivity contribution >= 4 is 38.5 Å². The number of fused-ring (bicyclic) bond motifs is 1. The molecule has 12 heteroatoms. The van der Waals surface area contributed by atoms with E-state index >= 15 is 0 Å². The number of morpholine rings is 1. The van der Waals surface area contributed by atoms with Crippen LogP contribution in [-0.4, -0.2) is 67.1 Å². The number of hydrogen-bond acceptors (Lipinski definition) is 9. The predicted octanol–water partition coefficient (Wildman–Crippen LogP) is 3.35. The molecule has 0 spiro atoms. The lowest BCUT2D eigenvalue weighted by Crippen LogP contribution is -2.40. The molecule has 5 rings (SSSR count). The molecule has 3 N–H and O–H groups in total. The highest BCUT2D eigenvalue weighted by Gasteiger charge is 2.27. The molecule has 0 bridgehead atoms. The normalized spacial score (nSPS) is 17.6. The number of nitrogens with zero attached hydrogens (tertiary/aromatic N) is 4. The maximum atomic E-state index is 13.1. The summed E-state index contributed by atoms with van der Waals surface area (Å²) in [6, 6.07) is 7.16. The molecule has 1 aliphatic carbocycles. The van der Waals surface area contributed by atoms with Gasteiger partial charge >= 0.3 is 0 Å². The summed E-state index contributed by atoms with van der Waals surface area (Å²) in [6.45, 7) is 1.38. The van der Waals surface area contributed by atoms with E-state index in [9.17, 15) is 13.7 Å². The quantitative estimate of drug-likeness (QED) is 0.435. The van der Waals surface area contributed by atoms with Gasteiger partial charge in [-0.15, -0.1) is 0 Å². The minimum absolute atomic E-state index is 0.144.